The van der Waals surface area contributed by atoms with Crippen LogP contribution < -0.4 is 11.1 Å². The molecule has 2 aliphatic rings. The summed E-state index contributed by atoms with van der Waals surface area (Å²) < 4.78 is 73.7. The maximum absolute atomic E-state index is 12.2. The third kappa shape index (κ3) is 3.85. The quantitative estimate of drug-likeness (QED) is 0.122. The Morgan fingerprint density at radius 1 is 0.806 bits per heavy atom. The van der Waals surface area contributed by atoms with Gasteiger partial charge in [-0.15, -0.1) is 0 Å². The van der Waals surface area contributed by atoms with Gasteiger partial charge in [-0.05, 0) is 36.4 Å². The fraction of sp³-hybridized carbons (Fsp3) is 0. The normalized spacial score (nSPS) is 12.2. The zero-order chi connectivity index (χ0) is 26.7. The van der Waals surface area contributed by atoms with Crippen molar-refractivity contribution in [2.75, 3.05) is 5.73 Å². The molecule has 36 heavy (non-hydrogen) atoms. The molecule has 4 rings (SSSR count). The van der Waals surface area contributed by atoms with Gasteiger partial charge in [0.2, 0.25) is 0 Å². The van der Waals surface area contributed by atoms with Gasteiger partial charge in [-0.3, -0.25) is 14.5 Å². The summed E-state index contributed by atoms with van der Waals surface area (Å²) in [4.78, 5) is 22.0. The zero-order valence-corrected chi connectivity index (χ0v) is 19.2. The lowest BCUT2D eigenvalue weighted by atomic mass is 9.87. The van der Waals surface area contributed by atoms with Crippen LogP contribution in [0.3, 0.4) is 0 Å². The Morgan fingerprint density at radius 2 is 1.36 bits per heavy atom. The van der Waals surface area contributed by atoms with Gasteiger partial charge in [-0.25, -0.2) is 9.59 Å². The smallest absolute Gasteiger partial charge is 0.336 e. The van der Waals surface area contributed by atoms with E-state index >= 15 is 0 Å². The Kier molecular flexibility index (Phi) is 5.60. The van der Waals surface area contributed by atoms with Crippen LogP contribution in [0.15, 0.2) is 56.7 Å². The molecule has 15 heteroatoms. The molecule has 2 aromatic rings. The maximum Gasteiger partial charge on any atom is 0.336 e. The molecule has 0 aromatic heterocycles. The van der Waals surface area contributed by atoms with E-state index in [4.69, 9.17) is 15.6 Å². The molecule has 0 saturated heterocycles. The number of rotatable bonds is 5. The van der Waals surface area contributed by atoms with Crippen LogP contribution in [0.1, 0.15) is 20.7 Å². The highest BCUT2D eigenvalue weighted by Crippen LogP contribution is 2.46. The molecule has 186 valence electrons. The molecule has 7 N–H and O–H groups in total. The molecule has 0 atom stereocenters. The van der Waals surface area contributed by atoms with Crippen molar-refractivity contribution in [3.8, 4) is 22.5 Å². The molecule has 2 aromatic carbocycles. The van der Waals surface area contributed by atoms with E-state index in [1.165, 1.54) is 0 Å². The lowest BCUT2D eigenvalue weighted by molar-refractivity contribution is 0.0696. The van der Waals surface area contributed by atoms with Crippen molar-refractivity contribution in [1.82, 2.24) is 0 Å². The summed E-state index contributed by atoms with van der Waals surface area (Å²) in [6.45, 7) is 0. The number of fused-ring (bicyclic) bond motifs is 2. The van der Waals surface area contributed by atoms with Crippen LogP contribution >= 0.6 is 0 Å². The Labute approximate surface area is 201 Å². The van der Waals surface area contributed by atoms with E-state index in [1.807, 2.05) is 0 Å². The molecule has 0 bridgehead atoms. The molecule has 0 radical (unpaired) electrons. The standard InChI is InChI=1S/C21H14N2O11S2/c22-12-6-4-8-14(15-10(20(24)25)2-1-3-11(15)21(26)27)9-5-7-13(23)19(36(31,32)33)17(9)34-16(8)18(12)35(28,29)30/h1-7,22H,23H2,(H,24,25)(H,26,27)(H,28,29,30)(H,31,32,33). The van der Waals surface area contributed by atoms with Gasteiger partial charge in [0.15, 0.2) is 21.1 Å². The van der Waals surface area contributed by atoms with E-state index < -0.39 is 81.0 Å². The largest absolute Gasteiger partial charge is 0.478 e. The van der Waals surface area contributed by atoms with Crippen molar-refractivity contribution in [2.45, 2.75) is 9.79 Å². The van der Waals surface area contributed by atoms with Crippen molar-refractivity contribution in [3.05, 3.63) is 58.9 Å². The van der Waals surface area contributed by atoms with Crippen molar-refractivity contribution in [3.63, 3.8) is 0 Å². The summed E-state index contributed by atoms with van der Waals surface area (Å²) in [5.74, 6) is -3.96. The second-order valence-electron chi connectivity index (χ2n) is 7.45. The van der Waals surface area contributed by atoms with Crippen LogP contribution in [0.25, 0.3) is 33.4 Å². The average molecular weight is 534 g/mol. The lowest BCUT2D eigenvalue weighted by Crippen LogP contribution is -2.17. The number of anilines is 1. The Balaban J connectivity index is 2.46. The molecular weight excluding hydrogens is 520 g/mol. The highest BCUT2D eigenvalue weighted by Gasteiger charge is 2.33. The molecule has 1 aliphatic heterocycles. The Morgan fingerprint density at radius 3 is 1.86 bits per heavy atom. The van der Waals surface area contributed by atoms with Crippen LogP contribution in [-0.2, 0) is 20.2 Å². The molecule has 0 spiro atoms. The van der Waals surface area contributed by atoms with Gasteiger partial charge >= 0.3 is 11.9 Å². The van der Waals surface area contributed by atoms with E-state index in [0.29, 0.717) is 0 Å². The van der Waals surface area contributed by atoms with Crippen LogP contribution in [0.5, 0.6) is 0 Å². The van der Waals surface area contributed by atoms with Gasteiger partial charge in [0.1, 0.15) is 0 Å². The monoisotopic (exact) mass is 534 g/mol. The molecule has 0 saturated carbocycles. The zero-order valence-electron chi connectivity index (χ0n) is 17.6. The average Bonchev–Trinajstić information content (AvgIpc) is 2.74. The van der Waals surface area contributed by atoms with E-state index in [-0.39, 0.29) is 16.5 Å². The van der Waals surface area contributed by atoms with Crippen LogP contribution in [0.2, 0.25) is 0 Å². The minimum absolute atomic E-state index is 0.264. The number of nitrogens with one attached hydrogen (secondary N) is 1. The molecule has 0 amide bonds. The molecule has 13 nitrogen and oxygen atoms in total. The van der Waals surface area contributed by atoms with Crippen LogP contribution in [0, 0.1) is 5.41 Å². The lowest BCUT2D eigenvalue weighted by Gasteiger charge is -2.20. The first-order chi connectivity index (χ1) is 16.6. The first-order valence-corrected chi connectivity index (χ1v) is 12.4. The van der Waals surface area contributed by atoms with Crippen LogP contribution in [-0.4, -0.2) is 48.1 Å². The summed E-state index contributed by atoms with van der Waals surface area (Å²) in [5.41, 5.74) is 2.22. The predicted molar refractivity (Wildman–Crippen MR) is 122 cm³/mol. The van der Waals surface area contributed by atoms with E-state index in [2.05, 4.69) is 0 Å². The summed E-state index contributed by atoms with van der Waals surface area (Å²) in [5, 5.41) is 26.5. The van der Waals surface area contributed by atoms with Gasteiger partial charge < -0.3 is 20.4 Å². The molecule has 0 unspecified atom stereocenters. The molecule has 1 heterocycles. The van der Waals surface area contributed by atoms with Crippen LogP contribution in [0.4, 0.5) is 5.69 Å². The highest BCUT2D eigenvalue weighted by atomic mass is 32.2. The summed E-state index contributed by atoms with van der Waals surface area (Å²) in [7, 11) is -10.3. The number of hydrogen-bond acceptors (Lipinski definition) is 9. The summed E-state index contributed by atoms with van der Waals surface area (Å²) in [6.07, 6.45) is 0. The Hall–Kier alpha value is -4.31. The fourth-order valence-corrected chi connectivity index (χ4v) is 5.44. The van der Waals surface area contributed by atoms with Crippen molar-refractivity contribution < 1.29 is 50.2 Å². The highest BCUT2D eigenvalue weighted by molar-refractivity contribution is 7.86. The topological polar surface area (TPSA) is 246 Å². The SMILES string of the molecule is N=c1ccc2c(-c3c(C(=O)O)cccc3C(=O)O)c3ccc(N)c(S(=O)(=O)O)c3oc-2c1S(=O)(=O)O. The number of nitrogen functional groups attached to an aromatic ring is 1. The van der Waals surface area contributed by atoms with Gasteiger partial charge in [-0.1, -0.05) is 6.07 Å². The minimum Gasteiger partial charge on any atom is -0.478 e. The van der Waals surface area contributed by atoms with E-state index in [9.17, 15) is 45.7 Å². The third-order valence-corrected chi connectivity index (χ3v) is 7.15. The summed E-state index contributed by atoms with van der Waals surface area (Å²) in [6, 6.07) is 7.51. The number of hydrogen-bond donors (Lipinski definition) is 6. The number of aromatic carboxylic acids is 2. The van der Waals surface area contributed by atoms with Crippen molar-refractivity contribution in [2.24, 2.45) is 0 Å². The number of nitrogens with two attached hydrogens (primary N) is 1. The molecule has 1 aliphatic carbocycles. The number of benzene rings is 3. The Bertz CT molecular complexity index is 1840. The van der Waals surface area contributed by atoms with Gasteiger partial charge in [-0.2, -0.15) is 16.8 Å². The molecule has 0 fully saturated rings. The fourth-order valence-electron chi connectivity index (χ4n) is 3.95. The second-order valence-corrected chi connectivity index (χ2v) is 10.2. The van der Waals surface area contributed by atoms with Gasteiger partial charge in [0.05, 0.1) is 22.2 Å². The number of carboxylic acid groups (broad SMARTS) is 2. The van der Waals surface area contributed by atoms with Crippen molar-refractivity contribution >= 4 is 48.8 Å². The number of carboxylic acids is 2. The van der Waals surface area contributed by atoms with E-state index in [1.54, 1.807) is 0 Å². The molecular formula is C21H14N2O11S2. The van der Waals surface area contributed by atoms with Gasteiger partial charge in [0, 0.05) is 22.1 Å². The third-order valence-electron chi connectivity index (χ3n) is 5.29. The van der Waals surface area contributed by atoms with Gasteiger partial charge in [0.25, 0.3) is 20.2 Å². The summed E-state index contributed by atoms with van der Waals surface area (Å²) >= 11 is 0. The maximum atomic E-state index is 12.2. The predicted octanol–water partition coefficient (Wildman–Crippen LogP) is 2.16. The second kappa shape index (κ2) is 8.13. The van der Waals surface area contributed by atoms with Crippen molar-refractivity contribution in [1.29, 1.82) is 5.41 Å². The number of carbonyl (C=O) groups is 2. The van der Waals surface area contributed by atoms with E-state index in [0.717, 1.165) is 42.5 Å². The minimum atomic E-state index is -5.20. The first-order valence-electron chi connectivity index (χ1n) is 9.56. The first kappa shape index (κ1) is 24.8.